The maximum atomic E-state index is 13.4. The van der Waals surface area contributed by atoms with Gasteiger partial charge in [0.25, 0.3) is 0 Å². The lowest BCUT2D eigenvalue weighted by Crippen LogP contribution is -2.14. The molecular formula is C17H13ClF4N3O3P. The SMILES string of the molecule is CCOP(=O)(Nc1cc(F)cc(F)c1)c1ccc(-c2noc(C(F)(F)Cl)n2)cc1. The molecule has 1 unspecified atom stereocenters. The number of rotatable bonds is 7. The molecule has 0 radical (unpaired) electrons. The maximum absolute atomic E-state index is 13.4. The van der Waals surface area contributed by atoms with Crippen LogP contribution in [0.4, 0.5) is 23.2 Å². The highest BCUT2D eigenvalue weighted by Gasteiger charge is 2.36. The molecule has 0 aliphatic heterocycles. The number of hydrogen-bond donors (Lipinski definition) is 1. The molecule has 1 heterocycles. The third-order valence-corrected chi connectivity index (χ3v) is 5.90. The lowest BCUT2D eigenvalue weighted by molar-refractivity contribution is 0.0551. The van der Waals surface area contributed by atoms with Crippen molar-refractivity contribution >= 4 is 30.1 Å². The van der Waals surface area contributed by atoms with Crippen LogP contribution >= 0.6 is 19.1 Å². The molecule has 12 heteroatoms. The van der Waals surface area contributed by atoms with E-state index >= 15 is 0 Å². The molecule has 1 atom stereocenters. The molecule has 1 N–H and O–H groups in total. The summed E-state index contributed by atoms with van der Waals surface area (Å²) < 4.78 is 75.8. The highest BCUT2D eigenvalue weighted by Crippen LogP contribution is 2.46. The van der Waals surface area contributed by atoms with E-state index < -0.39 is 30.4 Å². The van der Waals surface area contributed by atoms with Crippen molar-refractivity contribution in [1.82, 2.24) is 10.1 Å². The highest BCUT2D eigenvalue weighted by molar-refractivity contribution is 7.68. The van der Waals surface area contributed by atoms with Crippen LogP contribution in [0.3, 0.4) is 0 Å². The van der Waals surface area contributed by atoms with E-state index in [0.717, 1.165) is 12.1 Å². The summed E-state index contributed by atoms with van der Waals surface area (Å²) in [4.78, 5) is 3.51. The first-order chi connectivity index (χ1) is 13.6. The average molecular weight is 450 g/mol. The molecule has 6 nitrogen and oxygen atoms in total. The Morgan fingerprint density at radius 1 is 1.17 bits per heavy atom. The summed E-state index contributed by atoms with van der Waals surface area (Å²) in [7, 11) is -3.75. The summed E-state index contributed by atoms with van der Waals surface area (Å²) in [6, 6.07) is 8.17. The molecule has 29 heavy (non-hydrogen) atoms. The Hall–Kier alpha value is -2.42. The molecule has 0 aliphatic rings. The molecule has 0 bridgehead atoms. The lowest BCUT2D eigenvalue weighted by atomic mass is 10.2. The Labute approximate surface area is 167 Å². The minimum Gasteiger partial charge on any atom is -0.331 e. The Morgan fingerprint density at radius 3 is 2.31 bits per heavy atom. The van der Waals surface area contributed by atoms with Crippen LogP contribution in [0.15, 0.2) is 47.0 Å². The molecule has 0 fully saturated rings. The van der Waals surface area contributed by atoms with Crippen LogP contribution in [0.5, 0.6) is 0 Å². The summed E-state index contributed by atoms with van der Waals surface area (Å²) in [6.07, 6.45) is 0. The van der Waals surface area contributed by atoms with Gasteiger partial charge in [-0.1, -0.05) is 17.3 Å². The maximum Gasteiger partial charge on any atom is 0.400 e. The van der Waals surface area contributed by atoms with Crippen molar-refractivity contribution in [2.45, 2.75) is 12.3 Å². The van der Waals surface area contributed by atoms with Gasteiger partial charge in [-0.05, 0) is 42.8 Å². The fourth-order valence-corrected chi connectivity index (χ4v) is 4.20. The monoisotopic (exact) mass is 449 g/mol. The van der Waals surface area contributed by atoms with Gasteiger partial charge in [0.1, 0.15) is 11.6 Å². The second-order valence-corrected chi connectivity index (χ2v) is 8.28. The molecule has 1 aromatic heterocycles. The molecule has 2 aromatic carbocycles. The zero-order chi connectivity index (χ0) is 21.2. The average Bonchev–Trinajstić information content (AvgIpc) is 3.11. The van der Waals surface area contributed by atoms with Crippen LogP contribution in [0, 0.1) is 11.6 Å². The van der Waals surface area contributed by atoms with Crippen molar-refractivity contribution in [3.63, 3.8) is 0 Å². The summed E-state index contributed by atoms with van der Waals surface area (Å²) in [6.45, 7) is 1.64. The van der Waals surface area contributed by atoms with E-state index in [4.69, 9.17) is 16.1 Å². The number of nitrogens with zero attached hydrogens (tertiary/aromatic N) is 2. The van der Waals surface area contributed by atoms with Crippen molar-refractivity contribution in [3.05, 3.63) is 60.0 Å². The number of anilines is 1. The fourth-order valence-electron chi connectivity index (χ4n) is 2.40. The standard InChI is InChI=1S/C17H13ClF4N3O3P/c1-2-27-29(26,25-13-8-11(19)7-12(20)9-13)14-5-3-10(4-6-14)15-23-16(28-24-15)17(18,21)22/h3-9H,2H2,1H3,(H,25,26). The van der Waals surface area contributed by atoms with Gasteiger partial charge in [-0.2, -0.15) is 13.8 Å². The number of halogens is 5. The van der Waals surface area contributed by atoms with E-state index in [2.05, 4.69) is 19.8 Å². The third kappa shape index (κ3) is 4.95. The normalized spacial score (nSPS) is 13.9. The van der Waals surface area contributed by atoms with Gasteiger partial charge in [0.2, 0.25) is 5.82 Å². The summed E-state index contributed by atoms with van der Waals surface area (Å²) in [5.41, 5.74) is 0.208. The van der Waals surface area contributed by atoms with E-state index in [1.165, 1.54) is 24.3 Å². The van der Waals surface area contributed by atoms with Gasteiger partial charge in [-0.15, -0.1) is 0 Å². The highest BCUT2D eigenvalue weighted by atomic mass is 35.5. The summed E-state index contributed by atoms with van der Waals surface area (Å²) in [5, 5.41) is 2.30. The van der Waals surface area contributed by atoms with E-state index in [1.54, 1.807) is 6.92 Å². The quantitative estimate of drug-likeness (QED) is 0.301. The van der Waals surface area contributed by atoms with E-state index in [9.17, 15) is 22.1 Å². The van der Waals surface area contributed by atoms with Gasteiger partial charge in [-0.25, -0.2) is 8.78 Å². The zero-order valence-corrected chi connectivity index (χ0v) is 16.4. The van der Waals surface area contributed by atoms with Gasteiger partial charge in [0, 0.05) is 17.3 Å². The van der Waals surface area contributed by atoms with E-state index in [0.29, 0.717) is 6.07 Å². The van der Waals surface area contributed by atoms with Gasteiger partial charge >= 0.3 is 18.8 Å². The van der Waals surface area contributed by atoms with Crippen LogP contribution in [-0.4, -0.2) is 16.7 Å². The summed E-state index contributed by atoms with van der Waals surface area (Å²) >= 11 is 4.83. The van der Waals surface area contributed by atoms with Crippen LogP contribution in [-0.2, 0) is 14.5 Å². The molecule has 0 saturated carbocycles. The zero-order valence-electron chi connectivity index (χ0n) is 14.7. The van der Waals surface area contributed by atoms with Crippen molar-refractivity contribution in [1.29, 1.82) is 0 Å². The number of aromatic nitrogens is 2. The largest absolute Gasteiger partial charge is 0.400 e. The van der Waals surface area contributed by atoms with Gasteiger partial charge < -0.3 is 14.1 Å². The Kier molecular flexibility index (Phi) is 5.97. The number of alkyl halides is 3. The molecule has 0 saturated heterocycles. The van der Waals surface area contributed by atoms with Crippen molar-refractivity contribution in [3.8, 4) is 11.4 Å². The van der Waals surface area contributed by atoms with Crippen LogP contribution in [0.25, 0.3) is 11.4 Å². The first-order valence-electron chi connectivity index (χ1n) is 8.11. The van der Waals surface area contributed by atoms with Gasteiger partial charge in [-0.3, -0.25) is 4.57 Å². The molecule has 3 aromatic rings. The molecular weight excluding hydrogens is 437 g/mol. The smallest absolute Gasteiger partial charge is 0.331 e. The Bertz CT molecular complexity index is 1040. The van der Waals surface area contributed by atoms with E-state index in [1.807, 2.05) is 0 Å². The van der Waals surface area contributed by atoms with Gasteiger partial charge in [0.05, 0.1) is 11.9 Å². The Balaban J connectivity index is 1.90. The minimum absolute atomic E-state index is 0.0445. The predicted octanol–water partition coefficient (Wildman–Crippen LogP) is 5.27. The molecule has 0 spiro atoms. The van der Waals surface area contributed by atoms with Gasteiger partial charge in [0.15, 0.2) is 0 Å². The Morgan fingerprint density at radius 2 is 1.79 bits per heavy atom. The number of nitrogens with one attached hydrogen (secondary N) is 1. The fraction of sp³-hybridized carbons (Fsp3) is 0.176. The predicted molar refractivity (Wildman–Crippen MR) is 98.3 cm³/mol. The van der Waals surface area contributed by atoms with Crippen LogP contribution < -0.4 is 10.4 Å². The molecule has 0 amide bonds. The molecule has 154 valence electrons. The molecule has 3 rings (SSSR count). The van der Waals surface area contributed by atoms with Crippen LogP contribution in [0.1, 0.15) is 12.8 Å². The second-order valence-electron chi connectivity index (χ2n) is 5.71. The van der Waals surface area contributed by atoms with Crippen molar-refractivity contribution in [2.24, 2.45) is 0 Å². The van der Waals surface area contributed by atoms with E-state index in [-0.39, 0.29) is 29.0 Å². The third-order valence-electron chi connectivity index (χ3n) is 3.58. The van der Waals surface area contributed by atoms with Crippen molar-refractivity contribution in [2.75, 3.05) is 11.7 Å². The second kappa shape index (κ2) is 8.14. The first kappa shape index (κ1) is 21.3. The summed E-state index contributed by atoms with van der Waals surface area (Å²) in [5.74, 6) is -2.92. The number of hydrogen-bond acceptors (Lipinski definition) is 5. The molecule has 0 aliphatic carbocycles. The number of benzene rings is 2. The van der Waals surface area contributed by atoms with Crippen LogP contribution in [0.2, 0.25) is 0 Å². The van der Waals surface area contributed by atoms with Crippen molar-refractivity contribution < 1.29 is 31.2 Å². The lowest BCUT2D eigenvalue weighted by Gasteiger charge is -2.20. The topological polar surface area (TPSA) is 77.2 Å². The minimum atomic E-state index is -3.81. The first-order valence-corrected chi connectivity index (χ1v) is 10.1.